The van der Waals surface area contributed by atoms with Crippen LogP contribution < -0.4 is 10.2 Å². The second kappa shape index (κ2) is 8.60. The topological polar surface area (TPSA) is 33.5 Å². The van der Waals surface area contributed by atoms with E-state index in [0.29, 0.717) is 40.5 Å². The van der Waals surface area contributed by atoms with Crippen LogP contribution in [0.1, 0.15) is 18.4 Å². The summed E-state index contributed by atoms with van der Waals surface area (Å²) in [6.45, 7) is 0.710. The average Bonchev–Trinajstić information content (AvgIpc) is 3.42. The Kier molecular flexibility index (Phi) is 6.21. The Bertz CT molecular complexity index is 751. The molecular formula is C19H20F3N2OS+. The zero-order valence-corrected chi connectivity index (χ0v) is 14.9. The molecule has 0 heterocycles. The molecule has 3 rings (SSSR count). The van der Waals surface area contributed by atoms with Crippen molar-refractivity contribution in [2.24, 2.45) is 0 Å². The molecule has 1 amide bonds. The van der Waals surface area contributed by atoms with Crippen molar-refractivity contribution >= 4 is 23.4 Å². The van der Waals surface area contributed by atoms with Crippen molar-refractivity contribution in [1.29, 1.82) is 0 Å². The first-order chi connectivity index (χ1) is 12.5. The molecule has 138 valence electrons. The quantitative estimate of drug-likeness (QED) is 0.688. The van der Waals surface area contributed by atoms with Gasteiger partial charge >= 0.3 is 0 Å². The highest BCUT2D eigenvalue weighted by Gasteiger charge is 2.35. The highest BCUT2D eigenvalue weighted by Crippen LogP contribution is 2.26. The van der Waals surface area contributed by atoms with Gasteiger partial charge in [0.2, 0.25) is 0 Å². The number of carbonyl (C=O) groups is 1. The van der Waals surface area contributed by atoms with Crippen molar-refractivity contribution in [1.82, 2.24) is 0 Å². The van der Waals surface area contributed by atoms with Gasteiger partial charge in [-0.2, -0.15) is 8.78 Å². The zero-order chi connectivity index (χ0) is 18.5. The predicted molar refractivity (Wildman–Crippen MR) is 95.9 cm³/mol. The number of anilines is 1. The smallest absolute Gasteiger partial charge is 0.288 e. The summed E-state index contributed by atoms with van der Waals surface area (Å²) < 4.78 is 38.5. The lowest BCUT2D eigenvalue weighted by atomic mass is 10.2. The fourth-order valence-corrected chi connectivity index (χ4v) is 3.36. The van der Waals surface area contributed by atoms with Gasteiger partial charge in [0.15, 0.2) is 6.54 Å². The number of quaternary nitrogens is 1. The molecular weight excluding hydrogens is 361 g/mol. The Morgan fingerprint density at radius 1 is 1.15 bits per heavy atom. The molecule has 1 aliphatic rings. The van der Waals surface area contributed by atoms with E-state index in [1.165, 1.54) is 6.07 Å². The molecule has 0 bridgehead atoms. The first kappa shape index (κ1) is 18.8. The number of halogens is 3. The van der Waals surface area contributed by atoms with E-state index in [-0.39, 0.29) is 18.3 Å². The van der Waals surface area contributed by atoms with Crippen LogP contribution in [0.2, 0.25) is 0 Å². The normalized spacial score (nSPS) is 15.1. The second-order valence-electron chi connectivity index (χ2n) is 6.33. The van der Waals surface area contributed by atoms with E-state index >= 15 is 0 Å². The van der Waals surface area contributed by atoms with E-state index in [0.717, 1.165) is 17.7 Å². The zero-order valence-electron chi connectivity index (χ0n) is 14.1. The maximum atomic E-state index is 13.9. The summed E-state index contributed by atoms with van der Waals surface area (Å²) >= 11 is 0.466. The maximum Gasteiger partial charge on any atom is 0.288 e. The van der Waals surface area contributed by atoms with E-state index in [1.54, 1.807) is 42.5 Å². The van der Waals surface area contributed by atoms with Crippen molar-refractivity contribution in [3.63, 3.8) is 0 Å². The first-order valence-electron chi connectivity index (χ1n) is 8.44. The van der Waals surface area contributed by atoms with Gasteiger partial charge in [-0.3, -0.25) is 4.79 Å². The van der Waals surface area contributed by atoms with Crippen LogP contribution in [0, 0.1) is 5.82 Å². The van der Waals surface area contributed by atoms with Gasteiger partial charge in [-0.05, 0) is 30.3 Å². The van der Waals surface area contributed by atoms with Gasteiger partial charge in [0.1, 0.15) is 12.4 Å². The molecule has 26 heavy (non-hydrogen) atoms. The number of amides is 1. The summed E-state index contributed by atoms with van der Waals surface area (Å²) in [5, 5.41) is 2.79. The van der Waals surface area contributed by atoms with Crippen molar-refractivity contribution in [2.75, 3.05) is 11.9 Å². The van der Waals surface area contributed by atoms with Gasteiger partial charge in [-0.1, -0.05) is 30.0 Å². The molecule has 3 nitrogen and oxygen atoms in total. The summed E-state index contributed by atoms with van der Waals surface area (Å²) in [6.07, 6.45) is 2.08. The van der Waals surface area contributed by atoms with Gasteiger partial charge in [0.05, 0.1) is 6.04 Å². The van der Waals surface area contributed by atoms with Crippen LogP contribution in [0.25, 0.3) is 0 Å². The maximum absolute atomic E-state index is 13.9. The SMILES string of the molecule is O=C(C[NH+](Cc1ccccc1F)C1CC1)Nc1ccc(SC(F)F)cc1. The van der Waals surface area contributed by atoms with Crippen LogP contribution in [-0.2, 0) is 11.3 Å². The number of benzene rings is 2. The molecule has 1 aliphatic carbocycles. The Morgan fingerprint density at radius 2 is 1.85 bits per heavy atom. The Morgan fingerprint density at radius 3 is 2.46 bits per heavy atom. The van der Waals surface area contributed by atoms with Crippen LogP contribution in [0.4, 0.5) is 18.9 Å². The highest BCUT2D eigenvalue weighted by molar-refractivity contribution is 7.99. The number of nitrogens with one attached hydrogen (secondary N) is 2. The number of thioether (sulfide) groups is 1. The van der Waals surface area contributed by atoms with Crippen LogP contribution in [0.3, 0.4) is 0 Å². The van der Waals surface area contributed by atoms with Gasteiger partial charge in [0, 0.05) is 29.0 Å². The molecule has 2 aromatic carbocycles. The average molecular weight is 381 g/mol. The molecule has 7 heteroatoms. The fraction of sp³-hybridized carbons (Fsp3) is 0.316. The van der Waals surface area contributed by atoms with E-state index in [2.05, 4.69) is 5.32 Å². The minimum absolute atomic E-state index is 0.169. The summed E-state index contributed by atoms with van der Waals surface area (Å²) in [7, 11) is 0. The molecule has 0 spiro atoms. The molecule has 1 atom stereocenters. The molecule has 1 unspecified atom stereocenters. The third kappa shape index (κ3) is 5.51. The minimum atomic E-state index is -2.47. The lowest BCUT2D eigenvalue weighted by Crippen LogP contribution is -3.13. The molecule has 0 saturated heterocycles. The van der Waals surface area contributed by atoms with Crippen molar-refractivity contribution in [3.8, 4) is 0 Å². The van der Waals surface area contributed by atoms with Gasteiger partial charge in [-0.15, -0.1) is 0 Å². The highest BCUT2D eigenvalue weighted by atomic mass is 32.2. The fourth-order valence-electron chi connectivity index (χ4n) is 2.86. The van der Waals surface area contributed by atoms with Crippen LogP contribution >= 0.6 is 11.8 Å². The number of hydrogen-bond donors (Lipinski definition) is 2. The van der Waals surface area contributed by atoms with Crippen LogP contribution in [0.15, 0.2) is 53.4 Å². The Labute approximate surface area is 154 Å². The Balaban J connectivity index is 1.57. The molecule has 0 aromatic heterocycles. The van der Waals surface area contributed by atoms with Gasteiger partial charge < -0.3 is 10.2 Å². The standard InChI is InChI=1S/C19H19F3N2OS/c20-17-4-2-1-3-13(17)11-24(15-7-8-15)12-18(25)23-14-5-9-16(10-6-14)26-19(21)22/h1-6,9-10,15,19H,7-8,11-12H2,(H,23,25)/p+1. The van der Waals surface area contributed by atoms with E-state index in [1.807, 2.05) is 0 Å². The summed E-state index contributed by atoms with van der Waals surface area (Å²) in [5.41, 5.74) is 1.17. The largest absolute Gasteiger partial charge is 0.321 e. The van der Waals surface area contributed by atoms with Crippen LogP contribution in [-0.4, -0.2) is 24.3 Å². The lowest BCUT2D eigenvalue weighted by molar-refractivity contribution is -0.917. The van der Waals surface area contributed by atoms with Crippen molar-refractivity contribution < 1.29 is 22.9 Å². The molecule has 2 N–H and O–H groups in total. The number of hydrogen-bond acceptors (Lipinski definition) is 2. The second-order valence-corrected chi connectivity index (χ2v) is 7.39. The monoisotopic (exact) mass is 381 g/mol. The number of carbonyl (C=O) groups excluding carboxylic acids is 1. The van der Waals surface area contributed by atoms with E-state index in [4.69, 9.17) is 0 Å². The van der Waals surface area contributed by atoms with Gasteiger partial charge in [0.25, 0.3) is 11.7 Å². The predicted octanol–water partition coefficient (Wildman–Crippen LogP) is 3.33. The third-order valence-electron chi connectivity index (χ3n) is 4.28. The van der Waals surface area contributed by atoms with Crippen LogP contribution in [0.5, 0.6) is 0 Å². The lowest BCUT2D eigenvalue weighted by Gasteiger charge is -2.19. The third-order valence-corrected chi connectivity index (χ3v) is 5.00. The summed E-state index contributed by atoms with van der Waals surface area (Å²) in [5.74, 6) is -2.89. The van der Waals surface area contributed by atoms with Gasteiger partial charge in [-0.25, -0.2) is 4.39 Å². The van der Waals surface area contributed by atoms with Crippen molar-refractivity contribution in [2.45, 2.75) is 36.1 Å². The van der Waals surface area contributed by atoms with Crippen molar-refractivity contribution in [3.05, 3.63) is 59.9 Å². The molecule has 1 fully saturated rings. The minimum Gasteiger partial charge on any atom is -0.321 e. The number of alkyl halides is 2. The Hall–Kier alpha value is -1.99. The van der Waals surface area contributed by atoms with E-state index in [9.17, 15) is 18.0 Å². The first-order valence-corrected chi connectivity index (χ1v) is 9.32. The summed E-state index contributed by atoms with van der Waals surface area (Å²) in [6, 6.07) is 13.3. The summed E-state index contributed by atoms with van der Waals surface area (Å²) in [4.78, 5) is 13.8. The molecule has 1 saturated carbocycles. The molecule has 0 radical (unpaired) electrons. The molecule has 2 aromatic rings. The molecule has 0 aliphatic heterocycles. The number of rotatable bonds is 8. The van der Waals surface area contributed by atoms with E-state index < -0.39 is 5.76 Å².